The molecule has 0 saturated carbocycles. The first-order valence-corrected chi connectivity index (χ1v) is 9.07. The number of rotatable bonds is 10. The fraction of sp³-hybridized carbons (Fsp3) is 0.667. The number of para-hydroxylation sites is 1. The lowest BCUT2D eigenvalue weighted by atomic mass is 9.88. The van der Waals surface area contributed by atoms with Gasteiger partial charge in [-0.3, -0.25) is 0 Å². The van der Waals surface area contributed by atoms with Crippen LogP contribution in [0.3, 0.4) is 0 Å². The predicted molar refractivity (Wildman–Crippen MR) is 87.5 cm³/mol. The number of benzene rings is 1. The summed E-state index contributed by atoms with van der Waals surface area (Å²) >= 11 is 0. The molecule has 204 valence electrons. The van der Waals surface area contributed by atoms with Crippen LogP contribution < -0.4 is 4.74 Å². The van der Waals surface area contributed by atoms with Crippen LogP contribution >= 0.6 is 0 Å². The standard InChI is InChI=1S/C18H15F15O2/c1-8(2)35-11-6-4-3-5-9(11)10(34)7-12(19,20)13(21,22)14(23,24)15(25,26)16(27,28)17(29,30)18(31,32)33/h3-6,8,10,34H,7H2,1-2H3. The molecule has 1 aromatic rings. The van der Waals surface area contributed by atoms with Crippen LogP contribution in [0.15, 0.2) is 24.3 Å². The highest BCUT2D eigenvalue weighted by atomic mass is 19.4. The van der Waals surface area contributed by atoms with Crippen LogP contribution in [-0.4, -0.2) is 52.9 Å². The van der Waals surface area contributed by atoms with Gasteiger partial charge in [-0.1, -0.05) is 18.2 Å². The van der Waals surface area contributed by atoms with E-state index in [1.165, 1.54) is 19.9 Å². The van der Waals surface area contributed by atoms with Crippen molar-refractivity contribution < 1.29 is 75.7 Å². The molecule has 0 saturated heterocycles. The minimum Gasteiger partial charge on any atom is -0.491 e. The normalized spacial score (nSPS) is 16.0. The zero-order chi connectivity index (χ0) is 28.1. The maximum absolute atomic E-state index is 14.1. The maximum Gasteiger partial charge on any atom is 0.460 e. The van der Waals surface area contributed by atoms with E-state index in [1.54, 1.807) is 0 Å². The van der Waals surface area contributed by atoms with Crippen molar-refractivity contribution in [3.05, 3.63) is 29.8 Å². The fourth-order valence-corrected chi connectivity index (χ4v) is 2.60. The molecule has 1 rings (SSSR count). The summed E-state index contributed by atoms with van der Waals surface area (Å²) in [6, 6.07) is 3.92. The van der Waals surface area contributed by atoms with Gasteiger partial charge >= 0.3 is 41.7 Å². The van der Waals surface area contributed by atoms with Crippen molar-refractivity contribution in [3.8, 4) is 5.75 Å². The Hall–Kier alpha value is -2.07. The third kappa shape index (κ3) is 4.96. The van der Waals surface area contributed by atoms with Crippen molar-refractivity contribution in [1.82, 2.24) is 0 Å². The van der Waals surface area contributed by atoms with Gasteiger partial charge in [-0.05, 0) is 19.9 Å². The molecule has 0 aliphatic carbocycles. The Balaban J connectivity index is 3.47. The minimum absolute atomic E-state index is 0.470. The van der Waals surface area contributed by atoms with Gasteiger partial charge in [-0.15, -0.1) is 0 Å². The monoisotopic (exact) mass is 548 g/mol. The van der Waals surface area contributed by atoms with E-state index in [9.17, 15) is 71.0 Å². The van der Waals surface area contributed by atoms with Crippen LogP contribution in [0.5, 0.6) is 5.75 Å². The number of aliphatic hydroxyl groups is 1. The first-order valence-electron chi connectivity index (χ1n) is 9.07. The summed E-state index contributed by atoms with van der Waals surface area (Å²) in [4.78, 5) is 0. The van der Waals surface area contributed by atoms with Crippen LogP contribution in [0, 0.1) is 0 Å². The number of aliphatic hydroxyl groups excluding tert-OH is 1. The maximum atomic E-state index is 14.1. The van der Waals surface area contributed by atoms with Gasteiger partial charge in [0.25, 0.3) is 0 Å². The molecule has 2 nitrogen and oxygen atoms in total. The third-order valence-corrected chi connectivity index (χ3v) is 4.48. The molecule has 1 atom stereocenters. The van der Waals surface area contributed by atoms with Gasteiger partial charge in [0.05, 0.1) is 12.2 Å². The molecule has 0 aromatic heterocycles. The highest BCUT2D eigenvalue weighted by molar-refractivity contribution is 5.35. The SMILES string of the molecule is CC(C)Oc1ccccc1C(O)CC(F)(F)C(F)(F)C(F)(F)C(F)(F)C(F)(F)C(F)(F)C(F)(F)F. The Bertz CT molecular complexity index is 877. The molecular weight excluding hydrogens is 533 g/mol. The highest BCUT2D eigenvalue weighted by Gasteiger charge is 2.93. The lowest BCUT2D eigenvalue weighted by molar-refractivity contribution is -0.453. The van der Waals surface area contributed by atoms with Gasteiger partial charge in [0.2, 0.25) is 0 Å². The van der Waals surface area contributed by atoms with Crippen molar-refractivity contribution in [3.63, 3.8) is 0 Å². The quantitative estimate of drug-likeness (QED) is 0.312. The first kappa shape index (κ1) is 31.0. The Morgan fingerprint density at radius 2 is 1.06 bits per heavy atom. The first-order chi connectivity index (χ1) is 15.3. The molecular formula is C18H15F15O2. The van der Waals surface area contributed by atoms with E-state index >= 15 is 0 Å². The lowest BCUT2D eigenvalue weighted by Crippen LogP contribution is -2.72. The molecule has 0 amide bonds. The van der Waals surface area contributed by atoms with Gasteiger partial charge in [0.15, 0.2) is 0 Å². The number of hydrogen-bond donors (Lipinski definition) is 1. The second-order valence-corrected chi connectivity index (χ2v) is 7.50. The van der Waals surface area contributed by atoms with E-state index in [2.05, 4.69) is 0 Å². The molecule has 17 heteroatoms. The van der Waals surface area contributed by atoms with Crippen LogP contribution in [-0.2, 0) is 0 Å². The fourth-order valence-electron chi connectivity index (χ4n) is 2.60. The van der Waals surface area contributed by atoms with Crippen molar-refractivity contribution in [1.29, 1.82) is 0 Å². The molecule has 0 fully saturated rings. The number of ether oxygens (including phenoxy) is 1. The predicted octanol–water partition coefficient (Wildman–Crippen LogP) is 7.27. The van der Waals surface area contributed by atoms with Crippen LogP contribution in [0.4, 0.5) is 65.9 Å². The van der Waals surface area contributed by atoms with Gasteiger partial charge in [0, 0.05) is 12.0 Å². The smallest absolute Gasteiger partial charge is 0.460 e. The van der Waals surface area contributed by atoms with Crippen molar-refractivity contribution in [2.24, 2.45) is 0 Å². The summed E-state index contributed by atoms with van der Waals surface area (Å²) in [6.07, 6.45) is -14.2. The molecule has 0 aliphatic rings. The molecule has 0 aliphatic heterocycles. The van der Waals surface area contributed by atoms with Gasteiger partial charge in [0.1, 0.15) is 5.75 Å². The van der Waals surface area contributed by atoms with E-state index in [0.29, 0.717) is 0 Å². The molecule has 1 unspecified atom stereocenters. The third-order valence-electron chi connectivity index (χ3n) is 4.48. The summed E-state index contributed by atoms with van der Waals surface area (Å²) < 4.78 is 204. The van der Waals surface area contributed by atoms with E-state index in [-0.39, 0.29) is 0 Å². The van der Waals surface area contributed by atoms with Crippen LogP contribution in [0.1, 0.15) is 31.9 Å². The Morgan fingerprint density at radius 1 is 0.657 bits per heavy atom. The summed E-state index contributed by atoms with van der Waals surface area (Å²) in [5.74, 6) is -47.6. The Morgan fingerprint density at radius 3 is 1.49 bits per heavy atom. The average Bonchev–Trinajstić information content (AvgIpc) is 2.65. The Labute approximate surface area is 186 Å². The molecule has 1 aromatic carbocycles. The molecule has 1 N–H and O–H groups in total. The summed E-state index contributed by atoms with van der Waals surface area (Å²) in [5, 5.41) is 9.83. The van der Waals surface area contributed by atoms with E-state index in [0.717, 1.165) is 18.2 Å². The molecule has 0 heterocycles. The topological polar surface area (TPSA) is 29.5 Å². The van der Waals surface area contributed by atoms with E-state index in [4.69, 9.17) is 4.74 Å². The lowest BCUT2D eigenvalue weighted by Gasteiger charge is -2.41. The molecule has 0 radical (unpaired) electrons. The van der Waals surface area contributed by atoms with Crippen molar-refractivity contribution >= 4 is 0 Å². The zero-order valence-electron chi connectivity index (χ0n) is 17.2. The van der Waals surface area contributed by atoms with Crippen molar-refractivity contribution in [2.45, 2.75) is 74.2 Å². The van der Waals surface area contributed by atoms with Crippen molar-refractivity contribution in [2.75, 3.05) is 0 Å². The molecule has 0 bridgehead atoms. The van der Waals surface area contributed by atoms with E-state index in [1.807, 2.05) is 0 Å². The van der Waals surface area contributed by atoms with Gasteiger partial charge in [-0.25, -0.2) is 0 Å². The Kier molecular flexibility index (Phi) is 8.05. The van der Waals surface area contributed by atoms with Gasteiger partial charge in [-0.2, -0.15) is 65.9 Å². The van der Waals surface area contributed by atoms with Crippen LogP contribution in [0.2, 0.25) is 0 Å². The largest absolute Gasteiger partial charge is 0.491 e. The number of hydrogen-bond acceptors (Lipinski definition) is 2. The second-order valence-electron chi connectivity index (χ2n) is 7.50. The van der Waals surface area contributed by atoms with Crippen LogP contribution in [0.25, 0.3) is 0 Å². The minimum atomic E-state index is -8.37. The van der Waals surface area contributed by atoms with E-state index < -0.39 is 71.7 Å². The summed E-state index contributed by atoms with van der Waals surface area (Å²) in [5.41, 5.74) is -0.777. The number of alkyl halides is 15. The second kappa shape index (κ2) is 9.10. The molecule has 35 heavy (non-hydrogen) atoms. The van der Waals surface area contributed by atoms with Gasteiger partial charge < -0.3 is 9.84 Å². The zero-order valence-corrected chi connectivity index (χ0v) is 17.2. The highest BCUT2D eigenvalue weighted by Crippen LogP contribution is 2.63. The summed E-state index contributed by atoms with van der Waals surface area (Å²) in [6.45, 7) is 2.73. The summed E-state index contributed by atoms with van der Waals surface area (Å²) in [7, 11) is 0. The average molecular weight is 548 g/mol. The molecule has 0 spiro atoms. The number of halogens is 15.